The Kier molecular flexibility index (Phi) is 2.99. The predicted molar refractivity (Wildman–Crippen MR) is 55.5 cm³/mol. The molecule has 0 aliphatic carbocycles. The number of rotatable bonds is 3. The van der Waals surface area contributed by atoms with Crippen molar-refractivity contribution < 1.29 is 24.5 Å². The second kappa shape index (κ2) is 4.28. The number of amides is 1. The number of thiophene rings is 1. The molecule has 0 fully saturated rings. The molecule has 7 heteroatoms. The summed E-state index contributed by atoms with van der Waals surface area (Å²) >= 11 is 1.15. The van der Waals surface area contributed by atoms with Crippen LogP contribution >= 0.6 is 11.3 Å². The van der Waals surface area contributed by atoms with Gasteiger partial charge in [0.1, 0.15) is 19.3 Å². The van der Waals surface area contributed by atoms with Crippen LogP contribution in [-0.2, 0) is 4.79 Å². The molecule has 2 unspecified atom stereocenters. The van der Waals surface area contributed by atoms with E-state index >= 15 is 0 Å². The van der Waals surface area contributed by atoms with Gasteiger partial charge in [0.05, 0.1) is 4.88 Å². The van der Waals surface area contributed by atoms with E-state index < -0.39 is 18.1 Å². The van der Waals surface area contributed by atoms with Gasteiger partial charge in [-0.05, 0) is 0 Å². The van der Waals surface area contributed by atoms with Gasteiger partial charge in [-0.1, -0.05) is 0 Å². The monoisotopic (exact) mass is 245 g/mol. The minimum Gasteiger partial charge on any atom is -0.485 e. The summed E-state index contributed by atoms with van der Waals surface area (Å²) in [6, 6.07) is 0. The fraction of sp³-hybridized carbons (Fsp3) is 0.444. The van der Waals surface area contributed by atoms with Crippen molar-refractivity contribution in [3.8, 4) is 11.5 Å². The number of nitrogens with two attached hydrogens (primary N) is 1. The van der Waals surface area contributed by atoms with Gasteiger partial charge in [-0.3, -0.25) is 4.79 Å². The Labute approximate surface area is 95.2 Å². The topological polar surface area (TPSA) is 102 Å². The van der Waals surface area contributed by atoms with E-state index in [2.05, 4.69) is 0 Å². The second-order valence-electron chi connectivity index (χ2n) is 3.28. The molecule has 1 aromatic rings. The average Bonchev–Trinajstić information content (AvgIpc) is 2.70. The maximum atomic E-state index is 10.7. The molecule has 0 bridgehead atoms. The van der Waals surface area contributed by atoms with Gasteiger partial charge >= 0.3 is 0 Å². The molecule has 0 saturated heterocycles. The first-order valence-electron chi connectivity index (χ1n) is 4.63. The standard InChI is InChI=1S/C9H11NO5S/c10-9(13)6(12)5(11)8-7-4(3-16-8)14-1-2-15-7/h3,5-6,11-12H,1-2H2,(H2,10,13). The molecule has 88 valence electrons. The highest BCUT2D eigenvalue weighted by molar-refractivity contribution is 7.10. The molecule has 2 heterocycles. The van der Waals surface area contributed by atoms with Crippen LogP contribution in [0.5, 0.6) is 11.5 Å². The first-order chi connectivity index (χ1) is 7.61. The first kappa shape index (κ1) is 11.2. The highest BCUT2D eigenvalue weighted by Gasteiger charge is 2.30. The number of aliphatic hydroxyl groups is 2. The zero-order chi connectivity index (χ0) is 11.7. The van der Waals surface area contributed by atoms with Crippen LogP contribution in [0.25, 0.3) is 0 Å². The molecule has 2 atom stereocenters. The maximum absolute atomic E-state index is 10.7. The molecule has 6 nitrogen and oxygen atoms in total. The molecule has 0 spiro atoms. The molecular weight excluding hydrogens is 234 g/mol. The summed E-state index contributed by atoms with van der Waals surface area (Å²) in [7, 11) is 0. The van der Waals surface area contributed by atoms with Gasteiger partial charge < -0.3 is 25.4 Å². The zero-order valence-electron chi connectivity index (χ0n) is 8.25. The van der Waals surface area contributed by atoms with Crippen LogP contribution in [0.1, 0.15) is 11.0 Å². The van der Waals surface area contributed by atoms with Crippen molar-refractivity contribution in [2.45, 2.75) is 12.2 Å². The van der Waals surface area contributed by atoms with Crippen molar-refractivity contribution in [3.05, 3.63) is 10.3 Å². The van der Waals surface area contributed by atoms with Gasteiger partial charge in [0, 0.05) is 5.38 Å². The molecule has 4 N–H and O–H groups in total. The summed E-state index contributed by atoms with van der Waals surface area (Å²) in [6.45, 7) is 0.813. The fourth-order valence-corrected chi connectivity index (χ4v) is 2.33. The summed E-state index contributed by atoms with van der Waals surface area (Å²) in [5.74, 6) is -0.0857. The maximum Gasteiger partial charge on any atom is 0.249 e. The number of carbonyl (C=O) groups is 1. The Hall–Kier alpha value is -1.31. The van der Waals surface area contributed by atoms with E-state index in [4.69, 9.17) is 15.2 Å². The lowest BCUT2D eigenvalue weighted by molar-refractivity contribution is -0.131. The van der Waals surface area contributed by atoms with Crippen molar-refractivity contribution in [2.75, 3.05) is 13.2 Å². The summed E-state index contributed by atoms with van der Waals surface area (Å²) in [4.78, 5) is 11.1. The molecule has 1 aliphatic heterocycles. The smallest absolute Gasteiger partial charge is 0.249 e. The number of fused-ring (bicyclic) bond motifs is 1. The normalized spacial score (nSPS) is 17.9. The zero-order valence-corrected chi connectivity index (χ0v) is 9.07. The van der Waals surface area contributed by atoms with Crippen molar-refractivity contribution in [2.24, 2.45) is 5.73 Å². The summed E-state index contributed by atoms with van der Waals surface area (Å²) in [5, 5.41) is 20.7. The quantitative estimate of drug-likeness (QED) is 0.660. The molecule has 1 aromatic heterocycles. The first-order valence-corrected chi connectivity index (χ1v) is 5.51. The second-order valence-corrected chi connectivity index (χ2v) is 4.19. The van der Waals surface area contributed by atoms with E-state index in [1.165, 1.54) is 0 Å². The van der Waals surface area contributed by atoms with Crippen LogP contribution < -0.4 is 15.2 Å². The van der Waals surface area contributed by atoms with Crippen LogP contribution in [0.4, 0.5) is 0 Å². The number of hydrogen-bond donors (Lipinski definition) is 3. The Balaban J connectivity index is 2.26. The van der Waals surface area contributed by atoms with E-state index in [-0.39, 0.29) is 0 Å². The van der Waals surface area contributed by atoms with Crippen molar-refractivity contribution in [3.63, 3.8) is 0 Å². The van der Waals surface area contributed by atoms with E-state index in [9.17, 15) is 15.0 Å². The fourth-order valence-electron chi connectivity index (χ4n) is 1.39. The Bertz CT molecular complexity index is 405. The number of ether oxygens (including phenoxy) is 2. The summed E-state index contributed by atoms with van der Waals surface area (Å²) < 4.78 is 10.6. The third-order valence-corrected chi connectivity index (χ3v) is 3.20. The molecule has 2 rings (SSSR count). The van der Waals surface area contributed by atoms with Crippen LogP contribution in [0, 0.1) is 0 Å². The lowest BCUT2D eigenvalue weighted by Gasteiger charge is -2.19. The molecule has 1 amide bonds. The van der Waals surface area contributed by atoms with Crippen molar-refractivity contribution in [1.82, 2.24) is 0 Å². The lowest BCUT2D eigenvalue weighted by atomic mass is 10.1. The summed E-state index contributed by atoms with van der Waals surface area (Å²) in [6.07, 6.45) is -3.03. The predicted octanol–water partition coefficient (Wildman–Crippen LogP) is -0.601. The van der Waals surface area contributed by atoms with E-state index in [1.807, 2.05) is 0 Å². The minimum atomic E-state index is -1.65. The summed E-state index contributed by atoms with van der Waals surface area (Å²) in [5.41, 5.74) is 4.90. The van der Waals surface area contributed by atoms with Crippen LogP contribution in [0.15, 0.2) is 5.38 Å². The Morgan fingerprint density at radius 3 is 2.81 bits per heavy atom. The lowest BCUT2D eigenvalue weighted by Crippen LogP contribution is -2.33. The van der Waals surface area contributed by atoms with Gasteiger partial charge in [-0.2, -0.15) is 0 Å². The number of hydrogen-bond acceptors (Lipinski definition) is 6. The molecule has 0 radical (unpaired) electrons. The van der Waals surface area contributed by atoms with Crippen LogP contribution in [0.3, 0.4) is 0 Å². The van der Waals surface area contributed by atoms with E-state index in [1.54, 1.807) is 5.38 Å². The highest BCUT2D eigenvalue weighted by atomic mass is 32.1. The average molecular weight is 245 g/mol. The van der Waals surface area contributed by atoms with E-state index in [0.29, 0.717) is 29.6 Å². The van der Waals surface area contributed by atoms with Gasteiger partial charge in [0.15, 0.2) is 17.6 Å². The highest BCUT2D eigenvalue weighted by Crippen LogP contribution is 2.43. The number of aliphatic hydroxyl groups excluding tert-OH is 2. The molecule has 0 aromatic carbocycles. The Morgan fingerprint density at radius 2 is 2.12 bits per heavy atom. The molecule has 1 aliphatic rings. The van der Waals surface area contributed by atoms with E-state index in [0.717, 1.165) is 11.3 Å². The van der Waals surface area contributed by atoms with Crippen LogP contribution in [0.2, 0.25) is 0 Å². The van der Waals surface area contributed by atoms with Gasteiger partial charge in [-0.15, -0.1) is 11.3 Å². The molecular formula is C9H11NO5S. The number of carbonyl (C=O) groups excluding carboxylic acids is 1. The molecule has 0 saturated carbocycles. The van der Waals surface area contributed by atoms with Gasteiger partial charge in [-0.25, -0.2) is 0 Å². The third-order valence-electron chi connectivity index (χ3n) is 2.19. The largest absolute Gasteiger partial charge is 0.485 e. The van der Waals surface area contributed by atoms with Crippen LogP contribution in [-0.4, -0.2) is 35.4 Å². The van der Waals surface area contributed by atoms with Gasteiger partial charge in [0.2, 0.25) is 5.91 Å². The molecule has 16 heavy (non-hydrogen) atoms. The third kappa shape index (κ3) is 1.84. The SMILES string of the molecule is NC(=O)C(O)C(O)c1scc2c1OCCO2. The van der Waals surface area contributed by atoms with Crippen molar-refractivity contribution >= 4 is 17.2 Å². The Morgan fingerprint density at radius 1 is 1.44 bits per heavy atom. The minimum absolute atomic E-state index is 0.348. The van der Waals surface area contributed by atoms with Crippen molar-refractivity contribution in [1.29, 1.82) is 0 Å². The number of primary amides is 1. The van der Waals surface area contributed by atoms with Gasteiger partial charge in [0.25, 0.3) is 0 Å².